The van der Waals surface area contributed by atoms with Gasteiger partial charge in [-0.25, -0.2) is 4.79 Å². The van der Waals surface area contributed by atoms with E-state index >= 15 is 0 Å². The first-order valence-corrected chi connectivity index (χ1v) is 22.3. The van der Waals surface area contributed by atoms with E-state index in [0.29, 0.717) is 32.2 Å². The Morgan fingerprint density at radius 2 is 1.04 bits per heavy atom. The Labute approximate surface area is 326 Å². The molecule has 308 valence electrons. The predicted molar refractivity (Wildman–Crippen MR) is 225 cm³/mol. The Morgan fingerprint density at radius 3 is 1.60 bits per heavy atom. The van der Waals surface area contributed by atoms with Gasteiger partial charge in [0.2, 0.25) is 5.91 Å². The van der Waals surface area contributed by atoms with E-state index in [2.05, 4.69) is 55.6 Å². The quantitative estimate of drug-likeness (QED) is 0.0326. The van der Waals surface area contributed by atoms with Crippen LogP contribution in [0.15, 0.2) is 36.5 Å². The molecule has 0 fully saturated rings. The minimum atomic E-state index is -1.00. The van der Waals surface area contributed by atoms with Crippen molar-refractivity contribution >= 4 is 17.8 Å². The Bertz CT molecular complexity index is 931. The zero-order chi connectivity index (χ0) is 38.9. The highest BCUT2D eigenvalue weighted by Gasteiger charge is 2.18. The summed E-state index contributed by atoms with van der Waals surface area (Å²) in [5.41, 5.74) is 5.48. The van der Waals surface area contributed by atoms with Gasteiger partial charge in [-0.15, -0.1) is 0 Å². The highest BCUT2D eigenvalue weighted by atomic mass is 16.5. The first-order valence-electron chi connectivity index (χ1n) is 22.3. The molecule has 0 heterocycles. The number of nitrogens with two attached hydrogens (primary N) is 1. The van der Waals surface area contributed by atoms with E-state index in [1.54, 1.807) is 0 Å². The maximum absolute atomic E-state index is 12.8. The molecule has 0 aliphatic rings. The van der Waals surface area contributed by atoms with E-state index in [4.69, 9.17) is 10.5 Å². The number of amides is 1. The van der Waals surface area contributed by atoms with E-state index in [9.17, 15) is 19.5 Å². The number of ether oxygens (including phenoxy) is 1. The number of esters is 1. The van der Waals surface area contributed by atoms with Gasteiger partial charge in [0.1, 0.15) is 12.1 Å². The molecule has 0 saturated heterocycles. The third kappa shape index (κ3) is 37.7. The molecule has 53 heavy (non-hydrogen) atoms. The highest BCUT2D eigenvalue weighted by molar-refractivity contribution is 5.83. The van der Waals surface area contributed by atoms with E-state index in [-0.39, 0.29) is 18.0 Å². The minimum Gasteiger partial charge on any atom is -0.480 e. The van der Waals surface area contributed by atoms with Gasteiger partial charge in [-0.2, -0.15) is 0 Å². The molecule has 2 unspecified atom stereocenters. The lowest BCUT2D eigenvalue weighted by Crippen LogP contribution is -2.40. The number of nitrogens with one attached hydrogen (secondary N) is 1. The van der Waals surface area contributed by atoms with Gasteiger partial charge in [0.15, 0.2) is 0 Å². The van der Waals surface area contributed by atoms with Crippen LogP contribution in [0.5, 0.6) is 0 Å². The van der Waals surface area contributed by atoms with Crippen LogP contribution in [-0.2, 0) is 19.1 Å². The molecule has 0 bridgehead atoms. The van der Waals surface area contributed by atoms with E-state index in [1.807, 2.05) is 0 Å². The Hall–Kier alpha value is -2.41. The molecule has 0 saturated carbocycles. The monoisotopic (exact) mass is 745 g/mol. The molecule has 0 spiro atoms. The predicted octanol–water partition coefficient (Wildman–Crippen LogP) is 12.6. The lowest BCUT2D eigenvalue weighted by Gasteiger charge is -2.15. The summed E-state index contributed by atoms with van der Waals surface area (Å²) in [4.78, 5) is 36.3. The fraction of sp³-hybridized carbons (Fsp3) is 0.804. The standard InChI is InChI=1S/C46H84N2O5/c1-3-5-7-9-11-13-14-15-16-17-18-19-20-22-24-30-34-40-45(50)53-42(36-31-27-23-21-12-10-8-6-4-2)37-32-28-25-26-29-33-39-44(49)48-43(46(51)52)38-35-41-47/h11,13,15-16,31,36,42-43H,3-10,12,14,17-30,32-35,37-41,47H2,1-2H3,(H,48,49)(H,51,52)/b13-11-,16-15-,36-31-. The van der Waals surface area contributed by atoms with Gasteiger partial charge >= 0.3 is 11.9 Å². The molecule has 1 amide bonds. The first kappa shape index (κ1) is 50.6. The lowest BCUT2D eigenvalue weighted by atomic mass is 10.0. The summed E-state index contributed by atoms with van der Waals surface area (Å²) in [6.07, 6.45) is 47.8. The van der Waals surface area contributed by atoms with Crippen molar-refractivity contribution in [3.8, 4) is 0 Å². The van der Waals surface area contributed by atoms with E-state index in [1.165, 1.54) is 109 Å². The normalized spacial score (nSPS) is 13.0. The van der Waals surface area contributed by atoms with Gasteiger partial charge in [0.25, 0.3) is 0 Å². The van der Waals surface area contributed by atoms with Crippen molar-refractivity contribution in [1.82, 2.24) is 5.32 Å². The van der Waals surface area contributed by atoms with Gasteiger partial charge in [-0.3, -0.25) is 9.59 Å². The smallest absolute Gasteiger partial charge is 0.326 e. The third-order valence-corrected chi connectivity index (χ3v) is 9.91. The number of hydrogen-bond donors (Lipinski definition) is 3. The van der Waals surface area contributed by atoms with Crippen molar-refractivity contribution in [3.05, 3.63) is 36.5 Å². The lowest BCUT2D eigenvalue weighted by molar-refractivity contribution is -0.147. The largest absolute Gasteiger partial charge is 0.480 e. The van der Waals surface area contributed by atoms with Gasteiger partial charge in [-0.1, -0.05) is 153 Å². The van der Waals surface area contributed by atoms with Crippen LogP contribution < -0.4 is 11.1 Å². The summed E-state index contributed by atoms with van der Waals surface area (Å²) < 4.78 is 5.97. The van der Waals surface area contributed by atoms with E-state index in [0.717, 1.165) is 70.6 Å². The van der Waals surface area contributed by atoms with Crippen LogP contribution in [0.2, 0.25) is 0 Å². The summed E-state index contributed by atoms with van der Waals surface area (Å²) in [5, 5.41) is 11.9. The Balaban J connectivity index is 4.26. The third-order valence-electron chi connectivity index (χ3n) is 9.91. The maximum Gasteiger partial charge on any atom is 0.326 e. The number of unbranched alkanes of at least 4 members (excludes halogenated alkanes) is 22. The topological polar surface area (TPSA) is 119 Å². The first-order chi connectivity index (χ1) is 25.9. The molecular formula is C46H84N2O5. The van der Waals surface area contributed by atoms with E-state index < -0.39 is 12.0 Å². The van der Waals surface area contributed by atoms with Crippen LogP contribution in [0.25, 0.3) is 0 Å². The van der Waals surface area contributed by atoms with Crippen molar-refractivity contribution in [3.63, 3.8) is 0 Å². The van der Waals surface area contributed by atoms with Gasteiger partial charge in [0, 0.05) is 12.8 Å². The van der Waals surface area contributed by atoms with Crippen molar-refractivity contribution in [2.24, 2.45) is 5.73 Å². The summed E-state index contributed by atoms with van der Waals surface area (Å²) in [5.74, 6) is -1.27. The average Bonchev–Trinajstić information content (AvgIpc) is 3.14. The number of allylic oxidation sites excluding steroid dienone is 5. The van der Waals surface area contributed by atoms with Crippen molar-refractivity contribution in [2.45, 2.75) is 231 Å². The Kier molecular flexibility index (Phi) is 38.9. The SMILES string of the molecule is CCCCC/C=C\C/C=C\CCCCCCCCCC(=O)OC(/C=C\CCCCCCCCC)CCCCCCCCC(=O)NC(CCCN)C(=O)O. The van der Waals surface area contributed by atoms with Crippen LogP contribution in [0.1, 0.15) is 219 Å². The summed E-state index contributed by atoms with van der Waals surface area (Å²) >= 11 is 0. The molecule has 4 N–H and O–H groups in total. The minimum absolute atomic E-state index is 0.0652. The van der Waals surface area contributed by atoms with Crippen LogP contribution in [0.4, 0.5) is 0 Å². The van der Waals surface area contributed by atoms with Crippen molar-refractivity contribution in [1.29, 1.82) is 0 Å². The fourth-order valence-corrected chi connectivity index (χ4v) is 6.51. The summed E-state index contributed by atoms with van der Waals surface area (Å²) in [6, 6.07) is -0.853. The molecule has 0 aromatic rings. The molecule has 7 nitrogen and oxygen atoms in total. The highest BCUT2D eigenvalue weighted by Crippen LogP contribution is 2.16. The number of rotatable bonds is 40. The second-order valence-electron chi connectivity index (χ2n) is 15.1. The average molecular weight is 745 g/mol. The molecular weight excluding hydrogens is 661 g/mol. The summed E-state index contributed by atoms with van der Waals surface area (Å²) in [7, 11) is 0. The number of carboxylic acid groups (broad SMARTS) is 1. The van der Waals surface area contributed by atoms with Crippen molar-refractivity contribution < 1.29 is 24.2 Å². The number of hydrogen-bond acceptors (Lipinski definition) is 5. The number of aliphatic carboxylic acids is 1. The van der Waals surface area contributed by atoms with Gasteiger partial charge in [0.05, 0.1) is 0 Å². The Morgan fingerprint density at radius 1 is 0.566 bits per heavy atom. The van der Waals surface area contributed by atoms with Crippen LogP contribution in [-0.4, -0.2) is 41.6 Å². The summed E-state index contributed by atoms with van der Waals surface area (Å²) in [6.45, 7) is 4.91. The molecule has 0 aliphatic carbocycles. The van der Waals surface area contributed by atoms with Crippen LogP contribution >= 0.6 is 0 Å². The second kappa shape index (κ2) is 40.8. The van der Waals surface area contributed by atoms with Gasteiger partial charge < -0.3 is 20.9 Å². The zero-order valence-corrected chi connectivity index (χ0v) is 34.6. The van der Waals surface area contributed by atoms with Crippen LogP contribution in [0.3, 0.4) is 0 Å². The number of carbonyl (C=O) groups is 3. The molecule has 0 radical (unpaired) electrons. The molecule has 0 aliphatic heterocycles. The molecule has 0 aromatic heterocycles. The van der Waals surface area contributed by atoms with Crippen molar-refractivity contribution in [2.75, 3.05) is 6.54 Å². The molecule has 2 atom stereocenters. The van der Waals surface area contributed by atoms with Crippen LogP contribution in [0, 0.1) is 0 Å². The molecule has 0 rings (SSSR count). The second-order valence-corrected chi connectivity index (χ2v) is 15.1. The number of carbonyl (C=O) groups excluding carboxylic acids is 2. The fourth-order valence-electron chi connectivity index (χ4n) is 6.51. The maximum atomic E-state index is 12.8. The zero-order valence-electron chi connectivity index (χ0n) is 34.6. The molecule has 7 heteroatoms. The number of carboxylic acids is 1. The molecule has 0 aromatic carbocycles. The van der Waals surface area contributed by atoms with Gasteiger partial charge in [-0.05, 0) is 96.1 Å².